The van der Waals surface area contributed by atoms with Crippen molar-refractivity contribution in [2.75, 3.05) is 54.7 Å². The van der Waals surface area contributed by atoms with E-state index in [1.165, 1.54) is 26.4 Å². The minimum Gasteiger partial charge on any atom is -0.497 e. The third kappa shape index (κ3) is 6.17. The molecule has 0 amide bonds. The summed E-state index contributed by atoms with van der Waals surface area (Å²) < 4.78 is 66.8. The Hall–Kier alpha value is -3.57. The molecule has 3 aromatic carbocycles. The fraction of sp³-hybridized carbons (Fsp3) is 0.412. The first kappa shape index (κ1) is 31.8. The van der Waals surface area contributed by atoms with E-state index in [1.807, 2.05) is 24.3 Å². The number of piperidine rings is 1. The lowest BCUT2D eigenvalue weighted by Gasteiger charge is -2.37. The standard InChI is InChI=1S/C34H41NO8S/c1-39-28-14-16-30-24(22-28)8-15-29(25-9-17-31(40-2)32(23-25)41-3)33(30)34(42-4,44(36,37)38)26-10-12-27(13-11-26)43-21-20-35-18-6-5-7-19-35/h9-14,16-17,22-23H,5-8,15,18-21H2,1-4H3,(H,36,37,38). The molecule has 1 atom stereocenters. The van der Waals surface area contributed by atoms with Crippen LogP contribution in [-0.4, -0.2) is 72.6 Å². The van der Waals surface area contributed by atoms with Crippen molar-refractivity contribution < 1.29 is 36.7 Å². The topological polar surface area (TPSA) is 104 Å². The summed E-state index contributed by atoms with van der Waals surface area (Å²) in [5.74, 6) is 2.30. The highest BCUT2D eigenvalue weighted by atomic mass is 32.2. The van der Waals surface area contributed by atoms with Gasteiger partial charge < -0.3 is 23.7 Å². The molecule has 0 saturated carbocycles. The zero-order chi connectivity index (χ0) is 31.3. The normalized spacial score (nSPS) is 17.0. The first-order valence-corrected chi connectivity index (χ1v) is 16.3. The average molecular weight is 624 g/mol. The van der Waals surface area contributed by atoms with Gasteiger partial charge in [0.1, 0.15) is 18.1 Å². The molecular weight excluding hydrogens is 582 g/mol. The number of methoxy groups -OCH3 is 4. The predicted octanol–water partition coefficient (Wildman–Crippen LogP) is 5.82. The summed E-state index contributed by atoms with van der Waals surface area (Å²) in [7, 11) is 1.08. The van der Waals surface area contributed by atoms with Crippen LogP contribution < -0.4 is 18.9 Å². The van der Waals surface area contributed by atoms with Gasteiger partial charge in [-0.1, -0.05) is 30.7 Å². The van der Waals surface area contributed by atoms with Crippen LogP contribution in [-0.2, 0) is 26.2 Å². The Labute approximate surface area is 260 Å². The Bertz CT molecular complexity index is 1600. The first-order chi connectivity index (χ1) is 21.2. The van der Waals surface area contributed by atoms with Gasteiger partial charge in [0.2, 0.25) is 4.93 Å². The Balaban J connectivity index is 1.63. The van der Waals surface area contributed by atoms with Gasteiger partial charge in [-0.3, -0.25) is 9.45 Å². The number of fused-ring (bicyclic) bond motifs is 1. The lowest BCUT2D eigenvalue weighted by Crippen LogP contribution is -2.40. The van der Waals surface area contributed by atoms with Gasteiger partial charge >= 0.3 is 10.1 Å². The highest BCUT2D eigenvalue weighted by Gasteiger charge is 2.52. The number of hydrogen-bond donors (Lipinski definition) is 1. The van der Waals surface area contributed by atoms with Crippen molar-refractivity contribution >= 4 is 21.3 Å². The molecule has 0 spiro atoms. The largest absolute Gasteiger partial charge is 0.497 e. The Morgan fingerprint density at radius 2 is 1.50 bits per heavy atom. The zero-order valence-electron chi connectivity index (χ0n) is 25.8. The third-order valence-corrected chi connectivity index (χ3v) is 9.93. The quantitative estimate of drug-likeness (QED) is 0.250. The number of ether oxygens (including phenoxy) is 5. The molecule has 44 heavy (non-hydrogen) atoms. The SMILES string of the molecule is COc1ccc2c(c1)CCC(c1ccc(OC)c(OC)c1)=C2C(OC)(c1ccc(OCCN2CCCCC2)cc1)S(=O)(=O)O. The van der Waals surface area contributed by atoms with Crippen LogP contribution in [0.15, 0.2) is 60.7 Å². The van der Waals surface area contributed by atoms with Crippen LogP contribution in [0.4, 0.5) is 0 Å². The minimum atomic E-state index is -4.92. The molecule has 0 aromatic heterocycles. The maximum absolute atomic E-state index is 13.6. The van der Waals surface area contributed by atoms with Gasteiger partial charge in [-0.25, -0.2) is 0 Å². The second kappa shape index (κ2) is 13.6. The molecule has 1 saturated heterocycles. The van der Waals surface area contributed by atoms with Crippen LogP contribution in [0.25, 0.3) is 11.1 Å². The summed E-state index contributed by atoms with van der Waals surface area (Å²) in [4.78, 5) is 0.148. The van der Waals surface area contributed by atoms with Gasteiger partial charge in [0.05, 0.1) is 21.3 Å². The molecule has 1 aliphatic heterocycles. The molecule has 1 unspecified atom stereocenters. The number of allylic oxidation sites excluding steroid dienone is 1. The van der Waals surface area contributed by atoms with Crippen LogP contribution in [0.1, 0.15) is 47.9 Å². The molecule has 0 bridgehead atoms. The number of nitrogens with zero attached hydrogens (tertiary/aromatic N) is 1. The Morgan fingerprint density at radius 1 is 0.795 bits per heavy atom. The van der Waals surface area contributed by atoms with Crippen molar-refractivity contribution in [3.63, 3.8) is 0 Å². The molecule has 1 heterocycles. The van der Waals surface area contributed by atoms with E-state index in [9.17, 15) is 13.0 Å². The summed E-state index contributed by atoms with van der Waals surface area (Å²) in [5.41, 5.74) is 3.53. The molecule has 5 rings (SSSR count). The van der Waals surface area contributed by atoms with E-state index in [4.69, 9.17) is 23.7 Å². The molecule has 10 heteroatoms. The molecule has 1 fully saturated rings. The summed E-state index contributed by atoms with van der Waals surface area (Å²) in [6.07, 6.45) is 4.79. The van der Waals surface area contributed by atoms with Gasteiger partial charge in [-0.15, -0.1) is 0 Å². The van der Waals surface area contributed by atoms with Crippen molar-refractivity contribution in [3.05, 3.63) is 82.9 Å². The van der Waals surface area contributed by atoms with Crippen molar-refractivity contribution in [2.24, 2.45) is 0 Å². The van der Waals surface area contributed by atoms with Crippen molar-refractivity contribution in [1.29, 1.82) is 0 Å². The second-order valence-corrected chi connectivity index (χ2v) is 12.5. The summed E-state index contributed by atoms with van der Waals surface area (Å²) >= 11 is 0. The van der Waals surface area contributed by atoms with E-state index in [0.717, 1.165) is 30.8 Å². The molecule has 3 aromatic rings. The molecule has 1 N–H and O–H groups in total. The fourth-order valence-corrected chi connectivity index (χ4v) is 7.51. The van der Waals surface area contributed by atoms with Crippen molar-refractivity contribution in [3.8, 4) is 23.0 Å². The smallest absolute Gasteiger partial charge is 0.304 e. The number of benzene rings is 3. The van der Waals surface area contributed by atoms with Crippen molar-refractivity contribution in [2.45, 2.75) is 37.0 Å². The monoisotopic (exact) mass is 623 g/mol. The van der Waals surface area contributed by atoms with E-state index in [1.54, 1.807) is 57.7 Å². The molecule has 236 valence electrons. The average Bonchev–Trinajstić information content (AvgIpc) is 3.05. The van der Waals surface area contributed by atoms with Crippen LogP contribution in [0.5, 0.6) is 23.0 Å². The van der Waals surface area contributed by atoms with Crippen LogP contribution in [0.2, 0.25) is 0 Å². The van der Waals surface area contributed by atoms with E-state index in [2.05, 4.69) is 4.90 Å². The molecule has 1 aliphatic carbocycles. The van der Waals surface area contributed by atoms with Crippen LogP contribution in [0, 0.1) is 0 Å². The fourth-order valence-electron chi connectivity index (χ4n) is 6.38. The third-order valence-electron chi connectivity index (χ3n) is 8.60. The van der Waals surface area contributed by atoms with Gasteiger partial charge in [-0.2, -0.15) is 8.42 Å². The van der Waals surface area contributed by atoms with E-state index in [-0.39, 0.29) is 5.56 Å². The first-order valence-electron chi connectivity index (χ1n) is 14.9. The van der Waals surface area contributed by atoms with E-state index < -0.39 is 15.1 Å². The van der Waals surface area contributed by atoms with Gasteiger partial charge in [0.25, 0.3) is 0 Å². The van der Waals surface area contributed by atoms with Crippen molar-refractivity contribution in [1.82, 2.24) is 4.90 Å². The number of rotatable bonds is 12. The van der Waals surface area contributed by atoms with Crippen LogP contribution >= 0.6 is 0 Å². The number of likely N-dealkylation sites (tertiary alicyclic amines) is 1. The summed E-state index contributed by atoms with van der Waals surface area (Å²) in [5, 5.41) is 0. The molecule has 2 aliphatic rings. The predicted molar refractivity (Wildman–Crippen MR) is 170 cm³/mol. The van der Waals surface area contributed by atoms with Gasteiger partial charge in [0.15, 0.2) is 11.5 Å². The molecule has 0 radical (unpaired) electrons. The maximum atomic E-state index is 13.6. The van der Waals surface area contributed by atoms with Gasteiger partial charge in [-0.05, 0) is 97.4 Å². The Kier molecular flexibility index (Phi) is 9.84. The lowest BCUT2D eigenvalue weighted by molar-refractivity contribution is 0.100. The number of aryl methyl sites for hydroxylation is 1. The molecule has 9 nitrogen and oxygen atoms in total. The molecular formula is C34H41NO8S. The minimum absolute atomic E-state index is 0.252. The summed E-state index contributed by atoms with van der Waals surface area (Å²) in [6.45, 7) is 3.52. The Morgan fingerprint density at radius 3 is 2.14 bits per heavy atom. The second-order valence-electron chi connectivity index (χ2n) is 11.0. The maximum Gasteiger partial charge on any atom is 0.304 e. The van der Waals surface area contributed by atoms with E-state index >= 15 is 0 Å². The van der Waals surface area contributed by atoms with E-state index in [0.29, 0.717) is 59.2 Å². The highest BCUT2D eigenvalue weighted by molar-refractivity contribution is 7.87. The lowest BCUT2D eigenvalue weighted by atomic mass is 9.78. The zero-order valence-corrected chi connectivity index (χ0v) is 26.6. The summed E-state index contributed by atoms with van der Waals surface area (Å²) in [6, 6.07) is 17.7. The highest BCUT2D eigenvalue weighted by Crippen LogP contribution is 2.52. The number of hydrogen-bond acceptors (Lipinski definition) is 8. The van der Waals surface area contributed by atoms with Crippen LogP contribution in [0.3, 0.4) is 0 Å². The van der Waals surface area contributed by atoms with Gasteiger partial charge in [0, 0.05) is 24.8 Å².